The second kappa shape index (κ2) is 12.5. The lowest BCUT2D eigenvalue weighted by Gasteiger charge is -2.30. The Morgan fingerprint density at radius 3 is 1.73 bits per heavy atom. The fraction of sp³-hybridized carbons (Fsp3) is 0. The zero-order valence-corrected chi connectivity index (χ0v) is 28.4. The number of furan rings is 1. The molecule has 0 amide bonds. The first-order valence-electron chi connectivity index (χ1n) is 17.8. The largest absolute Gasteiger partial charge is 0.455 e. The molecule has 0 radical (unpaired) electrons. The fourth-order valence-corrected chi connectivity index (χ4v) is 7.82. The van der Waals surface area contributed by atoms with Gasteiger partial charge in [-0.2, -0.15) is 0 Å². The zero-order chi connectivity index (χ0) is 34.4. The van der Waals surface area contributed by atoms with Crippen molar-refractivity contribution >= 4 is 60.5 Å². The number of hydrogen-bond donors (Lipinski definition) is 0. The van der Waals surface area contributed by atoms with Crippen LogP contribution < -0.4 is 4.90 Å². The Labute approximate surface area is 302 Å². The van der Waals surface area contributed by atoms with Gasteiger partial charge >= 0.3 is 0 Å². The maximum absolute atomic E-state index is 6.78. The van der Waals surface area contributed by atoms with E-state index in [0.717, 1.165) is 61.3 Å². The molecule has 2 heteroatoms. The lowest BCUT2D eigenvalue weighted by molar-refractivity contribution is 0.670. The van der Waals surface area contributed by atoms with Crippen molar-refractivity contribution in [1.82, 2.24) is 0 Å². The Morgan fingerprint density at radius 2 is 0.885 bits per heavy atom. The molecule has 10 aromatic rings. The van der Waals surface area contributed by atoms with Crippen LogP contribution in [-0.4, -0.2) is 0 Å². The van der Waals surface area contributed by atoms with E-state index < -0.39 is 0 Å². The molecule has 9 aromatic carbocycles. The van der Waals surface area contributed by atoms with Gasteiger partial charge in [-0.3, -0.25) is 0 Å². The van der Waals surface area contributed by atoms with Crippen LogP contribution in [0.5, 0.6) is 0 Å². The average Bonchev–Trinajstić information content (AvgIpc) is 3.58. The molecule has 0 spiro atoms. The molecule has 0 N–H and O–H groups in total. The van der Waals surface area contributed by atoms with E-state index in [1.807, 2.05) is 0 Å². The fourth-order valence-electron chi connectivity index (χ4n) is 7.82. The van der Waals surface area contributed by atoms with E-state index in [2.05, 4.69) is 205 Å². The molecule has 1 heterocycles. The van der Waals surface area contributed by atoms with Crippen molar-refractivity contribution in [2.24, 2.45) is 0 Å². The van der Waals surface area contributed by atoms with Crippen molar-refractivity contribution in [2.45, 2.75) is 0 Å². The van der Waals surface area contributed by atoms with Crippen LogP contribution in [0.3, 0.4) is 0 Å². The minimum atomic E-state index is 0.890. The van der Waals surface area contributed by atoms with Crippen LogP contribution in [0, 0.1) is 0 Å². The highest BCUT2D eigenvalue weighted by Crippen LogP contribution is 2.47. The van der Waals surface area contributed by atoms with Gasteiger partial charge in [0.05, 0.1) is 11.4 Å². The quantitative estimate of drug-likeness (QED) is 0.176. The van der Waals surface area contributed by atoms with E-state index in [1.54, 1.807) is 0 Å². The summed E-state index contributed by atoms with van der Waals surface area (Å²) < 4.78 is 6.78. The van der Waals surface area contributed by atoms with Crippen LogP contribution in [0.4, 0.5) is 17.1 Å². The van der Waals surface area contributed by atoms with Crippen molar-refractivity contribution in [3.63, 3.8) is 0 Å². The number of rotatable bonds is 6. The standard InChI is InChI=1S/C50H33NO/c1-2-15-35(16-3-1)42-24-8-10-29-47(42)51(39-22-12-21-38(31-39)41-26-13-20-34-17-6-7-23-40(34)41)48-30-11-9-25-43(48)44-27-14-28-45-46-32-36-18-4-5-19-37(36)33-49(46)52-50(44)45/h1-33H. The van der Waals surface area contributed by atoms with Gasteiger partial charge < -0.3 is 9.32 Å². The molecule has 244 valence electrons. The van der Waals surface area contributed by atoms with E-state index in [9.17, 15) is 0 Å². The van der Waals surface area contributed by atoms with Gasteiger partial charge in [0.2, 0.25) is 0 Å². The molecule has 0 fully saturated rings. The van der Waals surface area contributed by atoms with Crippen LogP contribution in [0.2, 0.25) is 0 Å². The third kappa shape index (κ3) is 5.04. The molecular formula is C50H33NO. The molecular weight excluding hydrogens is 631 g/mol. The van der Waals surface area contributed by atoms with Crippen molar-refractivity contribution in [3.05, 3.63) is 200 Å². The van der Waals surface area contributed by atoms with Crippen molar-refractivity contribution < 1.29 is 4.42 Å². The van der Waals surface area contributed by atoms with Crippen molar-refractivity contribution in [1.29, 1.82) is 0 Å². The van der Waals surface area contributed by atoms with Gasteiger partial charge in [0.15, 0.2) is 0 Å². The second-order valence-electron chi connectivity index (χ2n) is 13.3. The Balaban J connectivity index is 1.23. The first-order valence-corrected chi connectivity index (χ1v) is 17.8. The van der Waals surface area contributed by atoms with Crippen molar-refractivity contribution in [2.75, 3.05) is 4.90 Å². The summed E-state index contributed by atoms with van der Waals surface area (Å²) in [7, 11) is 0. The molecule has 0 saturated carbocycles. The van der Waals surface area contributed by atoms with E-state index in [1.165, 1.54) is 32.7 Å². The van der Waals surface area contributed by atoms with Crippen LogP contribution in [0.1, 0.15) is 0 Å². The summed E-state index contributed by atoms with van der Waals surface area (Å²) in [5.74, 6) is 0. The van der Waals surface area contributed by atoms with Gasteiger partial charge in [0, 0.05) is 33.2 Å². The molecule has 0 atom stereocenters. The third-order valence-electron chi connectivity index (χ3n) is 10.2. The highest BCUT2D eigenvalue weighted by molar-refractivity contribution is 6.14. The maximum Gasteiger partial charge on any atom is 0.143 e. The minimum absolute atomic E-state index is 0.890. The lowest BCUT2D eigenvalue weighted by atomic mass is 9.96. The topological polar surface area (TPSA) is 16.4 Å². The lowest BCUT2D eigenvalue weighted by Crippen LogP contribution is -2.12. The number of hydrogen-bond acceptors (Lipinski definition) is 2. The summed E-state index contributed by atoms with van der Waals surface area (Å²) in [5.41, 5.74) is 11.9. The predicted molar refractivity (Wildman–Crippen MR) is 220 cm³/mol. The highest BCUT2D eigenvalue weighted by Gasteiger charge is 2.23. The Hall–Kier alpha value is -6.90. The van der Waals surface area contributed by atoms with E-state index in [4.69, 9.17) is 4.42 Å². The van der Waals surface area contributed by atoms with E-state index in [-0.39, 0.29) is 0 Å². The first kappa shape index (κ1) is 30.0. The Morgan fingerprint density at radius 1 is 0.327 bits per heavy atom. The molecule has 0 aliphatic carbocycles. The number of benzene rings is 9. The van der Waals surface area contributed by atoms with Gasteiger partial charge in [-0.15, -0.1) is 0 Å². The second-order valence-corrected chi connectivity index (χ2v) is 13.3. The normalized spacial score (nSPS) is 11.5. The molecule has 2 nitrogen and oxygen atoms in total. The average molecular weight is 664 g/mol. The number of anilines is 3. The van der Waals surface area contributed by atoms with Crippen molar-refractivity contribution in [3.8, 4) is 33.4 Å². The Kier molecular flexibility index (Phi) is 7.18. The number of fused-ring (bicyclic) bond motifs is 5. The van der Waals surface area contributed by atoms with E-state index in [0.29, 0.717) is 0 Å². The Bertz CT molecular complexity index is 2910. The predicted octanol–water partition coefficient (Wildman–Crippen LogP) is 14.4. The molecule has 10 rings (SSSR count). The van der Waals surface area contributed by atoms with Gasteiger partial charge in [0.25, 0.3) is 0 Å². The third-order valence-corrected chi connectivity index (χ3v) is 10.2. The molecule has 0 saturated heterocycles. The molecule has 0 bridgehead atoms. The molecule has 0 unspecified atom stereocenters. The summed E-state index contributed by atoms with van der Waals surface area (Å²) in [5, 5.41) is 7.09. The minimum Gasteiger partial charge on any atom is -0.455 e. The molecule has 1 aromatic heterocycles. The summed E-state index contributed by atoms with van der Waals surface area (Å²) in [6, 6.07) is 71.7. The van der Waals surface area contributed by atoms with Gasteiger partial charge in [-0.25, -0.2) is 0 Å². The number of para-hydroxylation sites is 3. The van der Waals surface area contributed by atoms with Gasteiger partial charge in [-0.1, -0.05) is 164 Å². The van der Waals surface area contributed by atoms with Crippen LogP contribution in [0.15, 0.2) is 205 Å². The summed E-state index contributed by atoms with van der Waals surface area (Å²) in [6.45, 7) is 0. The summed E-state index contributed by atoms with van der Waals surface area (Å²) in [6.07, 6.45) is 0. The highest BCUT2D eigenvalue weighted by atomic mass is 16.3. The monoisotopic (exact) mass is 663 g/mol. The zero-order valence-electron chi connectivity index (χ0n) is 28.4. The SMILES string of the molecule is c1ccc(-c2ccccc2N(c2cccc(-c3cccc4ccccc34)c2)c2ccccc2-c2cccc3c2oc2cc4ccccc4cc23)cc1. The van der Waals surface area contributed by atoms with Gasteiger partial charge in [0.1, 0.15) is 11.2 Å². The molecule has 0 aliphatic heterocycles. The van der Waals surface area contributed by atoms with Crippen LogP contribution >= 0.6 is 0 Å². The molecule has 52 heavy (non-hydrogen) atoms. The number of nitrogens with zero attached hydrogens (tertiary/aromatic N) is 1. The van der Waals surface area contributed by atoms with Crippen LogP contribution in [-0.2, 0) is 0 Å². The van der Waals surface area contributed by atoms with Crippen LogP contribution in [0.25, 0.3) is 76.9 Å². The molecule has 0 aliphatic rings. The maximum atomic E-state index is 6.78. The van der Waals surface area contributed by atoms with E-state index >= 15 is 0 Å². The summed E-state index contributed by atoms with van der Waals surface area (Å²) >= 11 is 0. The smallest absolute Gasteiger partial charge is 0.143 e. The van der Waals surface area contributed by atoms with Gasteiger partial charge in [-0.05, 0) is 74.6 Å². The summed E-state index contributed by atoms with van der Waals surface area (Å²) in [4.78, 5) is 2.42. The first-order chi connectivity index (χ1) is 25.8.